The number of halogens is 3. The van der Waals surface area contributed by atoms with Crippen molar-refractivity contribution in [1.29, 1.82) is 0 Å². The predicted molar refractivity (Wildman–Crippen MR) is 60.3 cm³/mol. The zero-order valence-corrected chi connectivity index (χ0v) is 10.4. The van der Waals surface area contributed by atoms with E-state index < -0.39 is 12.6 Å². The lowest BCUT2D eigenvalue weighted by molar-refractivity contribution is -0.136. The second-order valence-electron chi connectivity index (χ2n) is 4.34. The minimum Gasteiger partial charge on any atom is -0.329 e. The van der Waals surface area contributed by atoms with Gasteiger partial charge in [-0.15, -0.1) is 0 Å². The molecule has 0 saturated heterocycles. The van der Waals surface area contributed by atoms with Gasteiger partial charge in [0.1, 0.15) is 0 Å². The molecule has 1 unspecified atom stereocenters. The molecule has 1 atom stereocenters. The first-order valence-electron chi connectivity index (χ1n) is 5.81. The number of hydrogen-bond acceptors (Lipinski definition) is 2. The van der Waals surface area contributed by atoms with Crippen LogP contribution in [0, 0.1) is 0 Å². The Hall–Kier alpha value is -0.290. The van der Waals surface area contributed by atoms with Gasteiger partial charge in [-0.25, -0.2) is 0 Å². The monoisotopic (exact) mass is 240 g/mol. The van der Waals surface area contributed by atoms with E-state index in [1.807, 2.05) is 20.8 Å². The fourth-order valence-electron chi connectivity index (χ4n) is 2.05. The lowest BCUT2D eigenvalue weighted by Gasteiger charge is -2.39. The largest absolute Gasteiger partial charge is 0.389 e. The minimum absolute atomic E-state index is 0.147. The third-order valence-electron chi connectivity index (χ3n) is 3.14. The molecule has 0 aliphatic carbocycles. The molecule has 0 fully saturated rings. The van der Waals surface area contributed by atoms with Crippen LogP contribution in [-0.4, -0.2) is 36.2 Å². The molecule has 5 heteroatoms. The summed E-state index contributed by atoms with van der Waals surface area (Å²) in [4.78, 5) is 2.13. The molecule has 2 N–H and O–H groups in total. The molecule has 0 bridgehead atoms. The highest BCUT2D eigenvalue weighted by Gasteiger charge is 2.31. The lowest BCUT2D eigenvalue weighted by Crippen LogP contribution is -2.51. The van der Waals surface area contributed by atoms with Crippen LogP contribution in [0.5, 0.6) is 0 Å². The summed E-state index contributed by atoms with van der Waals surface area (Å²) in [7, 11) is 0. The molecule has 98 valence electrons. The van der Waals surface area contributed by atoms with Gasteiger partial charge < -0.3 is 5.73 Å². The van der Waals surface area contributed by atoms with Gasteiger partial charge in [0.2, 0.25) is 0 Å². The maximum atomic E-state index is 12.1. The highest BCUT2D eigenvalue weighted by Crippen LogP contribution is 2.27. The molecule has 0 aromatic rings. The maximum Gasteiger partial charge on any atom is 0.389 e. The first-order valence-corrected chi connectivity index (χ1v) is 5.81. The van der Waals surface area contributed by atoms with Crippen molar-refractivity contribution in [3.05, 3.63) is 0 Å². The zero-order valence-electron chi connectivity index (χ0n) is 10.4. The molecule has 0 amide bonds. The molecule has 0 heterocycles. The summed E-state index contributed by atoms with van der Waals surface area (Å²) < 4.78 is 36.2. The van der Waals surface area contributed by atoms with E-state index in [1.165, 1.54) is 0 Å². The highest BCUT2D eigenvalue weighted by atomic mass is 19.4. The van der Waals surface area contributed by atoms with Crippen molar-refractivity contribution in [3.63, 3.8) is 0 Å². The molecule has 0 aromatic carbocycles. The van der Waals surface area contributed by atoms with Crippen molar-refractivity contribution in [2.75, 3.05) is 19.6 Å². The van der Waals surface area contributed by atoms with Gasteiger partial charge in [-0.05, 0) is 32.9 Å². The van der Waals surface area contributed by atoms with E-state index in [1.54, 1.807) is 0 Å². The molecule has 0 saturated carbocycles. The van der Waals surface area contributed by atoms with Crippen LogP contribution in [0.4, 0.5) is 13.2 Å². The Morgan fingerprint density at radius 3 is 1.88 bits per heavy atom. The van der Waals surface area contributed by atoms with Crippen molar-refractivity contribution in [2.24, 2.45) is 5.73 Å². The standard InChI is InChI=1S/C11H23F3N2/c1-4-16(5-2)10(3,9-15)7-6-8-11(12,13)14/h4-9,15H2,1-3H3. The second kappa shape index (κ2) is 6.45. The molecule has 0 spiro atoms. The number of nitrogens with two attached hydrogens (primary N) is 1. The van der Waals surface area contributed by atoms with Crippen LogP contribution in [0.1, 0.15) is 40.0 Å². The topological polar surface area (TPSA) is 29.3 Å². The average Bonchev–Trinajstić information content (AvgIpc) is 2.17. The minimum atomic E-state index is -4.06. The van der Waals surface area contributed by atoms with Crippen LogP contribution in [0.3, 0.4) is 0 Å². The number of rotatable bonds is 7. The number of nitrogens with zero attached hydrogens (tertiary/aromatic N) is 1. The molecule has 0 aromatic heterocycles. The normalized spacial score (nSPS) is 16.5. The van der Waals surface area contributed by atoms with E-state index in [2.05, 4.69) is 4.90 Å². The summed E-state index contributed by atoms with van der Waals surface area (Å²) >= 11 is 0. The quantitative estimate of drug-likeness (QED) is 0.741. The summed E-state index contributed by atoms with van der Waals surface area (Å²) in [6.07, 6.45) is -4.14. The van der Waals surface area contributed by atoms with Crippen molar-refractivity contribution in [3.8, 4) is 0 Å². The fourth-order valence-corrected chi connectivity index (χ4v) is 2.05. The van der Waals surface area contributed by atoms with Gasteiger partial charge in [-0.2, -0.15) is 13.2 Å². The third kappa shape index (κ3) is 5.16. The average molecular weight is 240 g/mol. The summed E-state index contributed by atoms with van der Waals surface area (Å²) in [5.41, 5.74) is 5.38. The van der Waals surface area contributed by atoms with E-state index in [0.717, 1.165) is 13.1 Å². The van der Waals surface area contributed by atoms with E-state index in [4.69, 9.17) is 5.73 Å². The van der Waals surface area contributed by atoms with Gasteiger partial charge in [0.15, 0.2) is 0 Å². The Kier molecular flexibility index (Phi) is 6.33. The number of alkyl halides is 3. The van der Waals surface area contributed by atoms with E-state index in [-0.39, 0.29) is 12.0 Å². The number of hydrogen-bond donors (Lipinski definition) is 1. The van der Waals surface area contributed by atoms with Gasteiger partial charge in [0.05, 0.1) is 0 Å². The Labute approximate surface area is 96.0 Å². The van der Waals surface area contributed by atoms with Crippen LogP contribution in [0.25, 0.3) is 0 Å². The third-order valence-corrected chi connectivity index (χ3v) is 3.14. The summed E-state index contributed by atoms with van der Waals surface area (Å²) in [6, 6.07) is 0. The molecule has 2 nitrogen and oxygen atoms in total. The fraction of sp³-hybridized carbons (Fsp3) is 1.00. The van der Waals surface area contributed by atoms with Gasteiger partial charge >= 0.3 is 6.18 Å². The van der Waals surface area contributed by atoms with Crippen molar-refractivity contribution in [1.82, 2.24) is 4.90 Å². The molecule has 0 aliphatic heterocycles. The Morgan fingerprint density at radius 1 is 1.06 bits per heavy atom. The van der Waals surface area contributed by atoms with Gasteiger partial charge in [-0.3, -0.25) is 4.90 Å². The smallest absolute Gasteiger partial charge is 0.329 e. The maximum absolute atomic E-state index is 12.1. The van der Waals surface area contributed by atoms with Gasteiger partial charge in [0, 0.05) is 18.5 Å². The summed E-state index contributed by atoms with van der Waals surface area (Å²) in [6.45, 7) is 7.97. The van der Waals surface area contributed by atoms with E-state index in [0.29, 0.717) is 13.0 Å². The number of likely N-dealkylation sites (N-methyl/N-ethyl adjacent to an activating group) is 1. The molecule has 16 heavy (non-hydrogen) atoms. The first kappa shape index (κ1) is 15.7. The second-order valence-corrected chi connectivity index (χ2v) is 4.34. The molecular weight excluding hydrogens is 217 g/mol. The molecule has 0 aliphatic rings. The first-order chi connectivity index (χ1) is 7.29. The predicted octanol–water partition coefficient (Wildman–Crippen LogP) is 2.78. The van der Waals surface area contributed by atoms with Crippen molar-refractivity contribution in [2.45, 2.75) is 51.7 Å². The zero-order chi connectivity index (χ0) is 12.8. The molecule has 0 radical (unpaired) electrons. The van der Waals surface area contributed by atoms with Crippen LogP contribution in [-0.2, 0) is 0 Å². The Morgan fingerprint density at radius 2 is 1.56 bits per heavy atom. The van der Waals surface area contributed by atoms with Crippen LogP contribution >= 0.6 is 0 Å². The van der Waals surface area contributed by atoms with Crippen LogP contribution in [0.2, 0.25) is 0 Å². The van der Waals surface area contributed by atoms with Gasteiger partial charge in [0.25, 0.3) is 0 Å². The SMILES string of the molecule is CCN(CC)C(C)(CN)CCCC(F)(F)F. The van der Waals surface area contributed by atoms with E-state index >= 15 is 0 Å². The molecular formula is C11H23F3N2. The summed E-state index contributed by atoms with van der Waals surface area (Å²) in [5, 5.41) is 0. The van der Waals surface area contributed by atoms with Crippen molar-refractivity contribution < 1.29 is 13.2 Å². The van der Waals surface area contributed by atoms with Crippen LogP contribution < -0.4 is 5.73 Å². The lowest BCUT2D eigenvalue weighted by atomic mass is 9.92. The Bertz CT molecular complexity index is 190. The summed E-state index contributed by atoms with van der Waals surface area (Å²) in [5.74, 6) is 0. The van der Waals surface area contributed by atoms with E-state index in [9.17, 15) is 13.2 Å². The van der Waals surface area contributed by atoms with Crippen LogP contribution in [0.15, 0.2) is 0 Å². The van der Waals surface area contributed by atoms with Crippen molar-refractivity contribution >= 4 is 0 Å². The Balaban J connectivity index is 4.26. The molecule has 0 rings (SSSR count). The highest BCUT2D eigenvalue weighted by molar-refractivity contribution is 4.86. The van der Waals surface area contributed by atoms with Gasteiger partial charge in [-0.1, -0.05) is 13.8 Å².